The second-order valence-electron chi connectivity index (χ2n) is 6.12. The largest absolute Gasteiger partial charge is 0.479 e. The van der Waals surface area contributed by atoms with Gasteiger partial charge in [0.05, 0.1) is 13.2 Å². The van der Waals surface area contributed by atoms with Gasteiger partial charge >= 0.3 is 6.09 Å². The Bertz CT molecular complexity index is 581. The molecular formula is C16H21FN2O3. The first-order chi connectivity index (χ1) is 10.3. The lowest BCUT2D eigenvalue weighted by Gasteiger charge is -2.34. The lowest BCUT2D eigenvalue weighted by Crippen LogP contribution is -2.40. The van der Waals surface area contributed by atoms with E-state index in [1.54, 1.807) is 4.90 Å². The third-order valence-electron chi connectivity index (χ3n) is 3.24. The number of hydrogen-bond acceptors (Lipinski definition) is 4. The van der Waals surface area contributed by atoms with Gasteiger partial charge in [0, 0.05) is 12.7 Å². The van der Waals surface area contributed by atoms with Gasteiger partial charge < -0.3 is 9.47 Å². The zero-order valence-corrected chi connectivity index (χ0v) is 13.3. The van der Waals surface area contributed by atoms with Crippen LogP contribution >= 0.6 is 0 Å². The molecule has 0 spiro atoms. The van der Waals surface area contributed by atoms with Gasteiger partial charge in [-0.1, -0.05) is 12.2 Å². The van der Waals surface area contributed by atoms with E-state index in [1.165, 1.54) is 19.4 Å². The molecule has 6 heteroatoms. The maximum Gasteiger partial charge on any atom is 0.411 e. The van der Waals surface area contributed by atoms with Crippen molar-refractivity contribution in [2.45, 2.75) is 38.8 Å². The molecule has 1 unspecified atom stereocenters. The van der Waals surface area contributed by atoms with Crippen molar-refractivity contribution in [2.75, 3.05) is 13.7 Å². The van der Waals surface area contributed by atoms with Crippen LogP contribution in [0.5, 0.6) is 5.88 Å². The number of rotatable bonds is 2. The second kappa shape index (κ2) is 6.34. The summed E-state index contributed by atoms with van der Waals surface area (Å²) in [6, 6.07) is 1.06. The average Bonchev–Trinajstić information content (AvgIpc) is 2.45. The van der Waals surface area contributed by atoms with E-state index < -0.39 is 17.5 Å². The number of pyridine rings is 1. The van der Waals surface area contributed by atoms with Crippen LogP contribution in [0.4, 0.5) is 9.18 Å². The third kappa shape index (κ3) is 3.75. The molecule has 120 valence electrons. The number of halogens is 1. The molecule has 0 aliphatic carbocycles. The summed E-state index contributed by atoms with van der Waals surface area (Å²) in [6.07, 6.45) is 5.56. The maximum atomic E-state index is 13.9. The van der Waals surface area contributed by atoms with Crippen LogP contribution in [-0.4, -0.2) is 35.2 Å². The Morgan fingerprint density at radius 1 is 1.41 bits per heavy atom. The van der Waals surface area contributed by atoms with Crippen LogP contribution in [0.25, 0.3) is 0 Å². The van der Waals surface area contributed by atoms with Gasteiger partial charge in [-0.2, -0.15) is 0 Å². The van der Waals surface area contributed by atoms with Crippen molar-refractivity contribution in [3.8, 4) is 5.88 Å². The molecule has 1 atom stereocenters. The minimum absolute atomic E-state index is 0.0566. The van der Waals surface area contributed by atoms with Crippen molar-refractivity contribution >= 4 is 6.09 Å². The molecule has 0 saturated carbocycles. The number of carbonyl (C=O) groups excluding carboxylic acids is 1. The Labute approximate surface area is 129 Å². The van der Waals surface area contributed by atoms with Gasteiger partial charge in [-0.05, 0) is 38.8 Å². The summed E-state index contributed by atoms with van der Waals surface area (Å²) in [5.41, 5.74) is 0.0418. The molecule has 0 bridgehead atoms. The Kier molecular flexibility index (Phi) is 4.68. The van der Waals surface area contributed by atoms with Gasteiger partial charge in [-0.25, -0.2) is 14.2 Å². The number of nitrogens with zero attached hydrogens (tertiary/aromatic N) is 2. The number of hydrogen-bond donors (Lipinski definition) is 0. The van der Waals surface area contributed by atoms with Crippen molar-refractivity contribution in [3.05, 3.63) is 35.8 Å². The zero-order chi connectivity index (χ0) is 16.3. The molecule has 2 heterocycles. The van der Waals surface area contributed by atoms with Crippen LogP contribution < -0.4 is 4.74 Å². The molecular weight excluding hydrogens is 287 g/mol. The molecule has 0 aromatic carbocycles. The maximum absolute atomic E-state index is 13.9. The van der Waals surface area contributed by atoms with E-state index in [9.17, 15) is 9.18 Å². The van der Waals surface area contributed by atoms with Crippen LogP contribution in [0.2, 0.25) is 0 Å². The van der Waals surface area contributed by atoms with Gasteiger partial charge in [0.2, 0.25) is 5.88 Å². The summed E-state index contributed by atoms with van der Waals surface area (Å²) in [6.45, 7) is 5.87. The summed E-state index contributed by atoms with van der Waals surface area (Å²) in [7, 11) is 1.36. The van der Waals surface area contributed by atoms with Crippen molar-refractivity contribution in [1.29, 1.82) is 0 Å². The molecule has 1 aliphatic heterocycles. The van der Waals surface area contributed by atoms with Gasteiger partial charge in [0.25, 0.3) is 0 Å². The molecule has 0 saturated heterocycles. The zero-order valence-electron chi connectivity index (χ0n) is 13.3. The van der Waals surface area contributed by atoms with E-state index in [0.717, 1.165) is 0 Å². The van der Waals surface area contributed by atoms with Gasteiger partial charge in [0.15, 0.2) is 5.82 Å². The van der Waals surface area contributed by atoms with Gasteiger partial charge in [-0.3, -0.25) is 4.90 Å². The number of methoxy groups -OCH3 is 1. The fourth-order valence-corrected chi connectivity index (χ4v) is 2.28. The summed E-state index contributed by atoms with van der Waals surface area (Å²) in [5.74, 6) is -0.599. The normalized spacial score (nSPS) is 18.2. The van der Waals surface area contributed by atoms with Crippen LogP contribution in [-0.2, 0) is 4.74 Å². The quantitative estimate of drug-likeness (QED) is 0.785. The van der Waals surface area contributed by atoms with E-state index >= 15 is 0 Å². The number of amides is 1. The Hall–Kier alpha value is -2.11. The summed E-state index contributed by atoms with van der Waals surface area (Å²) in [5, 5.41) is 0. The van der Waals surface area contributed by atoms with Crippen LogP contribution in [0.1, 0.15) is 38.8 Å². The summed E-state index contributed by atoms with van der Waals surface area (Å²) in [4.78, 5) is 17.9. The highest BCUT2D eigenvalue weighted by Crippen LogP contribution is 2.30. The molecule has 1 aliphatic rings. The molecule has 0 fully saturated rings. The number of aromatic nitrogens is 1. The van der Waals surface area contributed by atoms with Crippen molar-refractivity contribution in [1.82, 2.24) is 9.88 Å². The molecule has 5 nitrogen and oxygen atoms in total. The van der Waals surface area contributed by atoms with Crippen molar-refractivity contribution in [3.63, 3.8) is 0 Å². The summed E-state index contributed by atoms with van der Waals surface area (Å²) < 4.78 is 24.1. The first-order valence-corrected chi connectivity index (χ1v) is 7.16. The lowest BCUT2D eigenvalue weighted by atomic mass is 10.0. The molecule has 0 radical (unpaired) electrons. The van der Waals surface area contributed by atoms with Crippen molar-refractivity contribution in [2.24, 2.45) is 0 Å². The first kappa shape index (κ1) is 16.3. The van der Waals surface area contributed by atoms with E-state index in [-0.39, 0.29) is 11.9 Å². The Morgan fingerprint density at radius 3 is 2.73 bits per heavy atom. The Balaban J connectivity index is 2.25. The topological polar surface area (TPSA) is 51.7 Å². The Morgan fingerprint density at radius 2 is 2.14 bits per heavy atom. The van der Waals surface area contributed by atoms with Crippen LogP contribution in [0.3, 0.4) is 0 Å². The second-order valence-corrected chi connectivity index (χ2v) is 6.12. The molecule has 1 aromatic rings. The van der Waals surface area contributed by atoms with E-state index in [1.807, 2.05) is 32.9 Å². The minimum atomic E-state index is -0.577. The van der Waals surface area contributed by atoms with Crippen LogP contribution in [0.15, 0.2) is 24.4 Å². The number of ether oxygens (including phenoxy) is 2. The molecule has 22 heavy (non-hydrogen) atoms. The third-order valence-corrected chi connectivity index (χ3v) is 3.24. The van der Waals surface area contributed by atoms with Gasteiger partial charge in [-0.15, -0.1) is 0 Å². The predicted molar refractivity (Wildman–Crippen MR) is 80.2 cm³/mol. The fourth-order valence-electron chi connectivity index (χ4n) is 2.28. The SMILES string of the molecule is COc1ncc(C2CC=CCN2C(=O)OC(C)(C)C)cc1F. The van der Waals surface area contributed by atoms with E-state index in [2.05, 4.69) is 4.98 Å². The highest BCUT2D eigenvalue weighted by atomic mass is 19.1. The standard InChI is InChI=1S/C16H21FN2O3/c1-16(2,3)22-15(20)19-8-6-5-7-13(19)11-9-12(17)14(21-4)18-10-11/h5-6,9-10,13H,7-8H2,1-4H3. The molecule has 0 N–H and O–H groups in total. The van der Waals surface area contributed by atoms with Crippen LogP contribution in [0, 0.1) is 5.82 Å². The van der Waals surface area contributed by atoms with Gasteiger partial charge in [0.1, 0.15) is 5.60 Å². The molecule has 1 amide bonds. The molecule has 2 rings (SSSR count). The minimum Gasteiger partial charge on any atom is -0.479 e. The molecule has 1 aromatic heterocycles. The highest BCUT2D eigenvalue weighted by molar-refractivity contribution is 5.69. The monoisotopic (exact) mass is 308 g/mol. The smallest absolute Gasteiger partial charge is 0.411 e. The first-order valence-electron chi connectivity index (χ1n) is 7.16. The predicted octanol–water partition coefficient (Wildman–Crippen LogP) is 3.47. The number of carbonyl (C=O) groups is 1. The van der Waals surface area contributed by atoms with E-state index in [0.29, 0.717) is 18.5 Å². The summed E-state index contributed by atoms with van der Waals surface area (Å²) >= 11 is 0. The van der Waals surface area contributed by atoms with Crippen molar-refractivity contribution < 1.29 is 18.7 Å². The van der Waals surface area contributed by atoms with E-state index in [4.69, 9.17) is 9.47 Å². The fraction of sp³-hybridized carbons (Fsp3) is 0.500. The lowest BCUT2D eigenvalue weighted by molar-refractivity contribution is 0.0175. The average molecular weight is 308 g/mol. The highest BCUT2D eigenvalue weighted by Gasteiger charge is 2.30.